The number of benzene rings is 1. The lowest BCUT2D eigenvalue weighted by molar-refractivity contribution is 0.0995. The molecule has 0 saturated carbocycles. The van der Waals surface area contributed by atoms with Gasteiger partial charge in [-0.3, -0.25) is 4.79 Å². The van der Waals surface area contributed by atoms with E-state index in [0.717, 1.165) is 0 Å². The first-order valence-corrected chi connectivity index (χ1v) is 9.28. The first kappa shape index (κ1) is 17.7. The summed E-state index contributed by atoms with van der Waals surface area (Å²) in [6.45, 7) is 3.70. The van der Waals surface area contributed by atoms with Crippen molar-refractivity contribution >= 4 is 37.5 Å². The molecule has 2 rings (SSSR count). The van der Waals surface area contributed by atoms with Crippen LogP contribution in [-0.2, 0) is 10.0 Å². The summed E-state index contributed by atoms with van der Waals surface area (Å²) in [5.74, 6) is -0.254. The van der Waals surface area contributed by atoms with Crippen LogP contribution in [0.4, 0.5) is 5.69 Å². The molecule has 0 spiro atoms. The highest BCUT2D eigenvalue weighted by molar-refractivity contribution is 9.10. The predicted molar refractivity (Wildman–Crippen MR) is 90.9 cm³/mol. The number of hydrogen-bond acceptors (Lipinski definition) is 4. The van der Waals surface area contributed by atoms with Gasteiger partial charge in [-0.25, -0.2) is 13.1 Å². The summed E-state index contributed by atoms with van der Waals surface area (Å²) in [5.41, 5.74) is 0.477. The molecule has 1 amide bonds. The number of anilines is 1. The van der Waals surface area contributed by atoms with E-state index in [0.29, 0.717) is 16.8 Å². The number of carbonyl (C=O) groups excluding carboxylic acids is 1. The van der Waals surface area contributed by atoms with E-state index >= 15 is 0 Å². The highest BCUT2D eigenvalue weighted by atomic mass is 79.9. The first-order chi connectivity index (χ1) is 10.8. The average Bonchev–Trinajstić information content (AvgIpc) is 2.94. The molecule has 0 bridgehead atoms. The fraction of sp³-hybridized carbons (Fsp3) is 0.267. The normalized spacial score (nSPS) is 12.8. The summed E-state index contributed by atoms with van der Waals surface area (Å²) < 4.78 is 32.5. The Balaban J connectivity index is 2.09. The average molecular weight is 401 g/mol. The molecule has 0 aliphatic rings. The lowest BCUT2D eigenvalue weighted by Gasteiger charge is -2.12. The van der Waals surface area contributed by atoms with Gasteiger partial charge in [-0.15, -0.1) is 0 Å². The summed E-state index contributed by atoms with van der Waals surface area (Å²) in [7, 11) is -3.55. The van der Waals surface area contributed by atoms with Crippen LogP contribution in [0.2, 0.25) is 0 Å². The second-order valence-corrected chi connectivity index (χ2v) is 7.51. The smallest absolute Gasteiger partial charge is 0.291 e. The molecule has 2 N–H and O–H groups in total. The van der Waals surface area contributed by atoms with Crippen molar-refractivity contribution in [1.29, 1.82) is 0 Å². The van der Waals surface area contributed by atoms with Crippen molar-refractivity contribution < 1.29 is 17.6 Å². The molecule has 0 saturated heterocycles. The summed E-state index contributed by atoms with van der Waals surface area (Å²) in [5, 5.41) is 2.63. The van der Waals surface area contributed by atoms with E-state index in [9.17, 15) is 13.2 Å². The zero-order valence-electron chi connectivity index (χ0n) is 12.7. The molecule has 8 heteroatoms. The van der Waals surface area contributed by atoms with E-state index < -0.39 is 15.9 Å². The molecule has 0 aliphatic carbocycles. The van der Waals surface area contributed by atoms with E-state index in [1.807, 2.05) is 6.92 Å². The molecule has 2 aromatic rings. The number of rotatable bonds is 6. The minimum atomic E-state index is -3.55. The van der Waals surface area contributed by atoms with E-state index in [1.54, 1.807) is 13.0 Å². The van der Waals surface area contributed by atoms with Gasteiger partial charge >= 0.3 is 0 Å². The number of carbonyl (C=O) groups is 1. The van der Waals surface area contributed by atoms with Gasteiger partial charge in [0, 0.05) is 11.7 Å². The Hall–Kier alpha value is -1.64. The maximum Gasteiger partial charge on any atom is 0.291 e. The third-order valence-corrected chi connectivity index (χ3v) is 5.22. The summed E-state index contributed by atoms with van der Waals surface area (Å²) in [6, 6.07) is 8.95. The van der Waals surface area contributed by atoms with Gasteiger partial charge in [-0.05, 0) is 65.7 Å². The topological polar surface area (TPSA) is 88.4 Å². The van der Waals surface area contributed by atoms with Crippen LogP contribution >= 0.6 is 15.9 Å². The van der Waals surface area contributed by atoms with Crippen LogP contribution in [0, 0.1) is 0 Å². The second kappa shape index (κ2) is 7.29. The molecule has 1 unspecified atom stereocenters. The molecule has 1 heterocycles. The zero-order valence-corrected chi connectivity index (χ0v) is 15.1. The van der Waals surface area contributed by atoms with E-state index in [-0.39, 0.29) is 16.7 Å². The molecule has 0 aliphatic heterocycles. The van der Waals surface area contributed by atoms with Crippen LogP contribution in [0.3, 0.4) is 0 Å². The summed E-state index contributed by atoms with van der Waals surface area (Å²) in [6.07, 6.45) is 0.700. The van der Waals surface area contributed by atoms with Gasteiger partial charge in [0.15, 0.2) is 10.4 Å². The highest BCUT2D eigenvalue weighted by Gasteiger charge is 2.17. The monoisotopic (exact) mass is 400 g/mol. The van der Waals surface area contributed by atoms with Crippen LogP contribution in [0.1, 0.15) is 30.8 Å². The highest BCUT2D eigenvalue weighted by Crippen LogP contribution is 2.18. The van der Waals surface area contributed by atoms with Crippen LogP contribution in [0.15, 0.2) is 50.4 Å². The minimum Gasteiger partial charge on any atom is -0.444 e. The van der Waals surface area contributed by atoms with E-state index in [4.69, 9.17) is 4.42 Å². The van der Waals surface area contributed by atoms with E-state index in [1.165, 1.54) is 30.3 Å². The van der Waals surface area contributed by atoms with Gasteiger partial charge in [0.25, 0.3) is 5.91 Å². The Kier molecular flexibility index (Phi) is 5.61. The van der Waals surface area contributed by atoms with Crippen LogP contribution < -0.4 is 10.0 Å². The van der Waals surface area contributed by atoms with Gasteiger partial charge in [-0.1, -0.05) is 6.92 Å². The Labute approximate surface area is 143 Å². The van der Waals surface area contributed by atoms with Gasteiger partial charge in [0.1, 0.15) is 0 Å². The molecule has 1 aromatic carbocycles. The van der Waals surface area contributed by atoms with Crippen molar-refractivity contribution in [2.24, 2.45) is 0 Å². The number of halogens is 1. The number of sulfonamides is 1. The SMILES string of the molecule is CCC(C)NS(=O)(=O)c1ccc(NC(=O)c2ccc(Br)o2)cc1. The third-order valence-electron chi connectivity index (χ3n) is 3.19. The molecule has 1 aromatic heterocycles. The summed E-state index contributed by atoms with van der Waals surface area (Å²) in [4.78, 5) is 12.1. The molecular formula is C15H17BrN2O4S. The molecule has 1 atom stereocenters. The van der Waals surface area contributed by atoms with Gasteiger partial charge in [0.05, 0.1) is 4.90 Å². The first-order valence-electron chi connectivity index (χ1n) is 7.01. The van der Waals surface area contributed by atoms with E-state index in [2.05, 4.69) is 26.0 Å². The number of hydrogen-bond donors (Lipinski definition) is 2. The van der Waals surface area contributed by atoms with Crippen molar-refractivity contribution in [2.75, 3.05) is 5.32 Å². The molecule has 124 valence electrons. The minimum absolute atomic E-state index is 0.142. The van der Waals surface area contributed by atoms with Crippen molar-refractivity contribution in [3.05, 3.63) is 46.8 Å². The molecule has 0 fully saturated rings. The molecule has 6 nitrogen and oxygen atoms in total. The Morgan fingerprint density at radius 1 is 1.22 bits per heavy atom. The van der Waals surface area contributed by atoms with Gasteiger partial charge in [0.2, 0.25) is 10.0 Å². The Morgan fingerprint density at radius 2 is 1.87 bits per heavy atom. The van der Waals surface area contributed by atoms with Crippen molar-refractivity contribution in [3.63, 3.8) is 0 Å². The zero-order chi connectivity index (χ0) is 17.0. The lowest BCUT2D eigenvalue weighted by atomic mass is 10.3. The maximum atomic E-state index is 12.1. The molecule has 0 radical (unpaired) electrons. The van der Waals surface area contributed by atoms with Gasteiger partial charge < -0.3 is 9.73 Å². The quantitative estimate of drug-likeness (QED) is 0.777. The standard InChI is InChI=1S/C15H17BrN2O4S/c1-3-10(2)18-23(20,21)12-6-4-11(5-7-12)17-15(19)13-8-9-14(16)22-13/h4-10,18H,3H2,1-2H3,(H,17,19). The van der Waals surface area contributed by atoms with Crippen LogP contribution in [0.25, 0.3) is 0 Å². The fourth-order valence-electron chi connectivity index (χ4n) is 1.76. The maximum absolute atomic E-state index is 12.1. The molecule has 23 heavy (non-hydrogen) atoms. The van der Waals surface area contributed by atoms with Crippen molar-refractivity contribution in [1.82, 2.24) is 4.72 Å². The van der Waals surface area contributed by atoms with Gasteiger partial charge in [-0.2, -0.15) is 0 Å². The number of nitrogens with one attached hydrogen (secondary N) is 2. The van der Waals surface area contributed by atoms with Crippen molar-refractivity contribution in [2.45, 2.75) is 31.2 Å². The van der Waals surface area contributed by atoms with Crippen molar-refractivity contribution in [3.8, 4) is 0 Å². The molecular weight excluding hydrogens is 384 g/mol. The van der Waals surface area contributed by atoms with Crippen LogP contribution in [0.5, 0.6) is 0 Å². The number of furan rings is 1. The number of amides is 1. The lowest BCUT2D eigenvalue weighted by Crippen LogP contribution is -2.31. The Morgan fingerprint density at radius 3 is 2.39 bits per heavy atom. The Bertz CT molecular complexity index is 784. The third kappa shape index (κ3) is 4.66. The van der Waals surface area contributed by atoms with Crippen LogP contribution in [-0.4, -0.2) is 20.4 Å². The predicted octanol–water partition coefficient (Wildman–Crippen LogP) is 3.37. The largest absolute Gasteiger partial charge is 0.444 e. The second-order valence-electron chi connectivity index (χ2n) is 5.01. The summed E-state index contributed by atoms with van der Waals surface area (Å²) >= 11 is 3.12. The fourth-order valence-corrected chi connectivity index (χ4v) is 3.40.